The molecule has 0 spiro atoms. The quantitative estimate of drug-likeness (QED) is 0.137. The normalized spacial score (nSPS) is 22.1. The number of hydrogen-bond donors (Lipinski definition) is 2. The monoisotopic (exact) mass is 564 g/mol. The lowest BCUT2D eigenvalue weighted by atomic mass is 9.81. The van der Waals surface area contributed by atoms with Crippen molar-refractivity contribution in [1.29, 1.82) is 0 Å². The zero-order chi connectivity index (χ0) is 29.9. The highest BCUT2D eigenvalue weighted by molar-refractivity contribution is 5.69. The maximum absolute atomic E-state index is 12.3. The molecular formula is C34H64N2O4. The van der Waals surface area contributed by atoms with E-state index in [4.69, 9.17) is 9.47 Å². The van der Waals surface area contributed by atoms with Gasteiger partial charge in [0.1, 0.15) is 12.2 Å². The molecular weight excluding hydrogens is 500 g/mol. The van der Waals surface area contributed by atoms with Gasteiger partial charge in [-0.05, 0) is 68.2 Å². The maximum Gasteiger partial charge on any atom is 0.306 e. The molecule has 0 radical (unpaired) electrons. The summed E-state index contributed by atoms with van der Waals surface area (Å²) >= 11 is 0. The minimum Gasteiger partial charge on any atom is -0.462 e. The van der Waals surface area contributed by atoms with Gasteiger partial charge in [-0.2, -0.15) is 0 Å². The Morgan fingerprint density at radius 2 is 0.700 bits per heavy atom. The lowest BCUT2D eigenvalue weighted by molar-refractivity contribution is -0.154. The van der Waals surface area contributed by atoms with E-state index in [0.717, 1.165) is 51.4 Å². The Kier molecular flexibility index (Phi) is 13.9. The second-order valence-electron chi connectivity index (χ2n) is 15.6. The van der Waals surface area contributed by atoms with Crippen molar-refractivity contribution in [3.63, 3.8) is 0 Å². The standard InChI is InChI=1S/C34H64N2O4/c1-31(2)23-27(24-32(3,4)35-31)39-29(37)21-19-17-15-13-11-9-10-12-14-16-18-20-22-30(38)40-28-25-33(5,6)36-34(7,8)26-28/h27-28,35-36H,9-26H2,1-8H3. The van der Waals surface area contributed by atoms with Gasteiger partial charge in [-0.15, -0.1) is 0 Å². The molecule has 2 heterocycles. The molecule has 2 N–H and O–H groups in total. The third-order valence-electron chi connectivity index (χ3n) is 8.41. The molecule has 6 nitrogen and oxygen atoms in total. The van der Waals surface area contributed by atoms with Crippen molar-refractivity contribution in [3.8, 4) is 0 Å². The van der Waals surface area contributed by atoms with Crippen LogP contribution in [0.5, 0.6) is 0 Å². The molecule has 0 saturated carbocycles. The van der Waals surface area contributed by atoms with E-state index < -0.39 is 0 Å². The molecule has 2 fully saturated rings. The van der Waals surface area contributed by atoms with Crippen molar-refractivity contribution >= 4 is 11.9 Å². The largest absolute Gasteiger partial charge is 0.462 e. The predicted molar refractivity (Wildman–Crippen MR) is 165 cm³/mol. The van der Waals surface area contributed by atoms with E-state index in [0.29, 0.717) is 12.8 Å². The van der Waals surface area contributed by atoms with Gasteiger partial charge in [-0.3, -0.25) is 9.59 Å². The summed E-state index contributed by atoms with van der Waals surface area (Å²) in [5, 5.41) is 7.28. The van der Waals surface area contributed by atoms with Gasteiger partial charge in [-0.1, -0.05) is 64.2 Å². The number of piperidine rings is 2. The van der Waals surface area contributed by atoms with Gasteiger partial charge < -0.3 is 20.1 Å². The van der Waals surface area contributed by atoms with Crippen LogP contribution in [0.1, 0.15) is 171 Å². The van der Waals surface area contributed by atoms with Gasteiger partial charge in [0.25, 0.3) is 0 Å². The summed E-state index contributed by atoms with van der Waals surface area (Å²) in [5.41, 5.74) is 0.0190. The fraction of sp³-hybridized carbons (Fsp3) is 0.941. The van der Waals surface area contributed by atoms with E-state index in [9.17, 15) is 9.59 Å². The van der Waals surface area contributed by atoms with Crippen molar-refractivity contribution in [2.24, 2.45) is 0 Å². The number of esters is 2. The van der Waals surface area contributed by atoms with Crippen LogP contribution < -0.4 is 10.6 Å². The fourth-order valence-corrected chi connectivity index (χ4v) is 7.42. The SMILES string of the molecule is CC1(C)CC(OC(=O)CCCCCCCCCCCCCCC(=O)OC2CC(C)(C)NC(C)(C)C2)CC(C)(C)N1. The lowest BCUT2D eigenvalue weighted by Gasteiger charge is -2.46. The second-order valence-corrected chi connectivity index (χ2v) is 15.6. The number of carbonyl (C=O) groups excluding carboxylic acids is 2. The van der Waals surface area contributed by atoms with Gasteiger partial charge in [0, 0.05) is 60.7 Å². The predicted octanol–water partition coefficient (Wildman–Crippen LogP) is 8.15. The van der Waals surface area contributed by atoms with Crippen molar-refractivity contribution < 1.29 is 19.1 Å². The van der Waals surface area contributed by atoms with Crippen LogP contribution in [0.2, 0.25) is 0 Å². The van der Waals surface area contributed by atoms with E-state index in [1.54, 1.807) is 0 Å². The first-order valence-electron chi connectivity index (χ1n) is 16.5. The van der Waals surface area contributed by atoms with Crippen molar-refractivity contribution in [2.75, 3.05) is 0 Å². The zero-order valence-corrected chi connectivity index (χ0v) is 27.5. The van der Waals surface area contributed by atoms with E-state index in [1.165, 1.54) is 51.4 Å². The van der Waals surface area contributed by atoms with Crippen LogP contribution in [0.15, 0.2) is 0 Å². The van der Waals surface area contributed by atoms with Gasteiger partial charge in [0.2, 0.25) is 0 Å². The fourth-order valence-electron chi connectivity index (χ4n) is 7.42. The number of rotatable bonds is 17. The number of ether oxygens (including phenoxy) is 2. The van der Waals surface area contributed by atoms with E-state index in [1.807, 2.05) is 0 Å². The molecule has 0 aliphatic carbocycles. The van der Waals surface area contributed by atoms with Crippen LogP contribution in [-0.2, 0) is 19.1 Å². The average molecular weight is 565 g/mol. The summed E-state index contributed by atoms with van der Waals surface area (Å²) in [4.78, 5) is 24.6. The highest BCUT2D eigenvalue weighted by Crippen LogP contribution is 2.32. The van der Waals surface area contributed by atoms with Crippen LogP contribution in [0.4, 0.5) is 0 Å². The molecule has 2 rings (SSSR count). The highest BCUT2D eigenvalue weighted by Gasteiger charge is 2.40. The second kappa shape index (κ2) is 15.9. The minimum absolute atomic E-state index is 0.00474. The van der Waals surface area contributed by atoms with Crippen LogP contribution >= 0.6 is 0 Å². The zero-order valence-electron chi connectivity index (χ0n) is 27.5. The van der Waals surface area contributed by atoms with Crippen LogP contribution in [0, 0.1) is 0 Å². The Morgan fingerprint density at radius 3 is 0.950 bits per heavy atom. The number of carbonyl (C=O) groups is 2. The molecule has 0 amide bonds. The first kappa shape index (κ1) is 35.1. The average Bonchev–Trinajstić information content (AvgIpc) is 2.74. The Bertz CT molecular complexity index is 678. The van der Waals surface area contributed by atoms with Crippen molar-refractivity contribution in [3.05, 3.63) is 0 Å². The maximum atomic E-state index is 12.3. The first-order chi connectivity index (χ1) is 18.6. The van der Waals surface area contributed by atoms with E-state index in [2.05, 4.69) is 66.0 Å². The number of nitrogens with one attached hydrogen (secondary N) is 2. The summed E-state index contributed by atoms with van der Waals surface area (Å²) in [5.74, 6) is -0.0458. The lowest BCUT2D eigenvalue weighted by Crippen LogP contribution is -2.59. The summed E-state index contributed by atoms with van der Waals surface area (Å²) < 4.78 is 11.6. The minimum atomic E-state index is -0.0229. The van der Waals surface area contributed by atoms with Crippen LogP contribution in [0.3, 0.4) is 0 Å². The molecule has 40 heavy (non-hydrogen) atoms. The summed E-state index contributed by atoms with van der Waals surface area (Å²) in [6.07, 6.45) is 19.0. The Balaban J connectivity index is 1.37. The number of hydrogen-bond acceptors (Lipinski definition) is 6. The molecule has 2 saturated heterocycles. The Morgan fingerprint density at radius 1 is 0.475 bits per heavy atom. The Hall–Kier alpha value is -1.14. The molecule has 0 aromatic heterocycles. The smallest absolute Gasteiger partial charge is 0.306 e. The summed E-state index contributed by atoms with van der Waals surface area (Å²) in [7, 11) is 0. The highest BCUT2D eigenvalue weighted by atomic mass is 16.5. The van der Waals surface area contributed by atoms with Gasteiger partial charge in [0.15, 0.2) is 0 Å². The molecule has 234 valence electrons. The third kappa shape index (κ3) is 15.2. The molecule has 0 unspecified atom stereocenters. The molecule has 6 heteroatoms. The molecule has 0 bridgehead atoms. The topological polar surface area (TPSA) is 76.7 Å². The van der Waals surface area contributed by atoms with Crippen LogP contribution in [0.25, 0.3) is 0 Å². The molecule has 0 atom stereocenters. The summed E-state index contributed by atoms with van der Waals surface area (Å²) in [6.45, 7) is 17.5. The molecule has 0 aromatic carbocycles. The third-order valence-corrected chi connectivity index (χ3v) is 8.41. The van der Waals surface area contributed by atoms with Gasteiger partial charge in [-0.25, -0.2) is 0 Å². The summed E-state index contributed by atoms with van der Waals surface area (Å²) in [6, 6.07) is 0. The molecule has 0 aromatic rings. The van der Waals surface area contributed by atoms with Gasteiger partial charge in [0.05, 0.1) is 0 Å². The molecule has 2 aliphatic heterocycles. The van der Waals surface area contributed by atoms with E-state index in [-0.39, 0.29) is 46.3 Å². The molecule has 2 aliphatic rings. The Labute approximate surface area is 246 Å². The van der Waals surface area contributed by atoms with Crippen LogP contribution in [-0.4, -0.2) is 46.3 Å². The van der Waals surface area contributed by atoms with E-state index >= 15 is 0 Å². The number of unbranched alkanes of at least 4 members (excludes halogenated alkanes) is 11. The van der Waals surface area contributed by atoms with Crippen molar-refractivity contribution in [2.45, 2.75) is 205 Å². The van der Waals surface area contributed by atoms with Gasteiger partial charge >= 0.3 is 11.9 Å². The van der Waals surface area contributed by atoms with Crippen molar-refractivity contribution in [1.82, 2.24) is 10.6 Å². The first-order valence-corrected chi connectivity index (χ1v) is 16.5.